The van der Waals surface area contributed by atoms with Gasteiger partial charge in [0.2, 0.25) is 5.91 Å². The Kier molecular flexibility index (Phi) is 7.33. The predicted molar refractivity (Wildman–Crippen MR) is 138 cm³/mol. The zero-order chi connectivity index (χ0) is 24.4. The Morgan fingerprint density at radius 2 is 1.74 bits per heavy atom. The van der Waals surface area contributed by atoms with Crippen molar-refractivity contribution >= 4 is 16.9 Å². The molecule has 0 unspecified atom stereocenters. The number of aromatic nitrogens is 3. The minimum atomic E-state index is 0.107. The van der Waals surface area contributed by atoms with Gasteiger partial charge in [0, 0.05) is 56.8 Å². The maximum absolute atomic E-state index is 12.5. The van der Waals surface area contributed by atoms with E-state index in [4.69, 9.17) is 10.1 Å². The first-order valence-electron chi connectivity index (χ1n) is 12.3. The van der Waals surface area contributed by atoms with Gasteiger partial charge in [0.25, 0.3) is 0 Å². The van der Waals surface area contributed by atoms with E-state index in [1.54, 1.807) is 0 Å². The largest absolute Gasteiger partial charge is 0.355 e. The van der Waals surface area contributed by atoms with Crippen molar-refractivity contribution in [2.24, 2.45) is 0 Å². The first-order chi connectivity index (χ1) is 16.2. The highest BCUT2D eigenvalue weighted by Gasteiger charge is 2.19. The molecule has 1 aliphatic heterocycles. The van der Waals surface area contributed by atoms with Gasteiger partial charge in [0.05, 0.1) is 11.4 Å². The third-order valence-electron chi connectivity index (χ3n) is 7.26. The molecule has 0 saturated carbocycles. The molecule has 4 rings (SSSR count). The third-order valence-corrected chi connectivity index (χ3v) is 7.26. The van der Waals surface area contributed by atoms with Crippen LogP contribution in [0.2, 0.25) is 0 Å². The molecule has 0 bridgehead atoms. The fourth-order valence-corrected chi connectivity index (χ4v) is 4.86. The Bertz CT molecular complexity index is 1190. The molecule has 1 saturated heterocycles. The monoisotopic (exact) mass is 462 g/mol. The van der Waals surface area contributed by atoms with Crippen LogP contribution in [-0.2, 0) is 11.2 Å². The van der Waals surface area contributed by atoms with Crippen molar-refractivity contribution in [1.82, 2.24) is 29.9 Å². The summed E-state index contributed by atoms with van der Waals surface area (Å²) >= 11 is 0. The third kappa shape index (κ3) is 5.15. The summed E-state index contributed by atoms with van der Waals surface area (Å²) < 4.78 is 1.95. The van der Waals surface area contributed by atoms with Gasteiger partial charge in [0.15, 0.2) is 5.65 Å². The lowest BCUT2D eigenvalue weighted by Gasteiger charge is -2.32. The van der Waals surface area contributed by atoms with Crippen molar-refractivity contribution < 1.29 is 4.79 Å². The normalized spacial score (nSPS) is 15.2. The fraction of sp³-hybridized carbons (Fsp3) is 0.519. The lowest BCUT2D eigenvalue weighted by molar-refractivity contribution is -0.121. The van der Waals surface area contributed by atoms with E-state index in [2.05, 4.69) is 61.1 Å². The minimum Gasteiger partial charge on any atom is -0.355 e. The summed E-state index contributed by atoms with van der Waals surface area (Å²) in [7, 11) is 2.16. The number of aryl methyl sites for hydroxylation is 5. The van der Waals surface area contributed by atoms with Gasteiger partial charge in [-0.2, -0.15) is 5.10 Å². The summed E-state index contributed by atoms with van der Waals surface area (Å²) in [6.07, 6.45) is 1.16. The molecule has 0 aliphatic carbocycles. The molecule has 0 atom stereocenters. The number of hydrogen-bond donors (Lipinski definition) is 1. The highest BCUT2D eigenvalue weighted by Crippen LogP contribution is 2.28. The van der Waals surface area contributed by atoms with E-state index >= 15 is 0 Å². The summed E-state index contributed by atoms with van der Waals surface area (Å²) in [4.78, 5) is 22.3. The molecule has 34 heavy (non-hydrogen) atoms. The van der Waals surface area contributed by atoms with Crippen LogP contribution < -0.4 is 5.32 Å². The van der Waals surface area contributed by atoms with Crippen LogP contribution in [-0.4, -0.2) is 76.8 Å². The maximum atomic E-state index is 12.5. The van der Waals surface area contributed by atoms with Crippen LogP contribution in [0, 0.1) is 34.6 Å². The Hall–Kier alpha value is -2.77. The zero-order valence-electron chi connectivity index (χ0n) is 21.5. The molecule has 1 amide bonds. The van der Waals surface area contributed by atoms with Crippen molar-refractivity contribution in [2.45, 2.75) is 47.5 Å². The van der Waals surface area contributed by atoms with Gasteiger partial charge in [-0.15, -0.1) is 0 Å². The highest BCUT2D eigenvalue weighted by atomic mass is 16.1. The van der Waals surface area contributed by atoms with Crippen LogP contribution in [0.15, 0.2) is 18.2 Å². The summed E-state index contributed by atoms with van der Waals surface area (Å²) in [5, 5.41) is 9.02. The van der Waals surface area contributed by atoms with Crippen molar-refractivity contribution in [3.8, 4) is 5.69 Å². The lowest BCUT2D eigenvalue weighted by atomic mass is 9.99. The van der Waals surface area contributed by atoms with Crippen molar-refractivity contribution in [3.05, 3.63) is 51.8 Å². The highest BCUT2D eigenvalue weighted by molar-refractivity contribution is 5.85. The SMILES string of the molecule is Cc1ccc(-n2nc(C)c3c(C)c(CCC(=O)NCCN4CCN(C)CC4)c(C)nc32)cc1C. The quantitative estimate of drug-likeness (QED) is 0.584. The Balaban J connectivity index is 1.44. The molecule has 3 aromatic rings. The van der Waals surface area contributed by atoms with E-state index < -0.39 is 0 Å². The standard InChI is InChI=1S/C27H38N6O/c1-18-7-8-23(17-19(18)2)33-27-26(22(5)30-33)20(3)24(21(4)29-27)9-10-25(34)28-11-12-32-15-13-31(6)14-16-32/h7-8,17H,9-16H2,1-6H3,(H,28,34). The first-order valence-corrected chi connectivity index (χ1v) is 12.3. The molecule has 7 nitrogen and oxygen atoms in total. The molecule has 1 aromatic carbocycles. The molecule has 0 radical (unpaired) electrons. The Labute approximate surface area is 203 Å². The van der Waals surface area contributed by atoms with Crippen molar-refractivity contribution in [2.75, 3.05) is 46.3 Å². The summed E-state index contributed by atoms with van der Waals surface area (Å²) in [6.45, 7) is 16.4. The number of likely N-dealkylation sites (N-methyl/N-ethyl adjacent to an activating group) is 1. The van der Waals surface area contributed by atoms with Gasteiger partial charge < -0.3 is 10.2 Å². The molecule has 3 heterocycles. The molecule has 7 heteroatoms. The lowest BCUT2D eigenvalue weighted by Crippen LogP contribution is -2.46. The van der Waals surface area contributed by atoms with Gasteiger partial charge >= 0.3 is 0 Å². The number of hydrogen-bond acceptors (Lipinski definition) is 5. The van der Waals surface area contributed by atoms with Gasteiger partial charge in [-0.1, -0.05) is 6.07 Å². The maximum Gasteiger partial charge on any atom is 0.220 e. The van der Waals surface area contributed by atoms with Crippen LogP contribution in [0.4, 0.5) is 0 Å². The van der Waals surface area contributed by atoms with Crippen LogP contribution >= 0.6 is 0 Å². The number of benzene rings is 1. The molecular weight excluding hydrogens is 424 g/mol. The number of piperazine rings is 1. The van der Waals surface area contributed by atoms with E-state index in [9.17, 15) is 4.79 Å². The van der Waals surface area contributed by atoms with E-state index in [-0.39, 0.29) is 5.91 Å². The van der Waals surface area contributed by atoms with Crippen LogP contribution in [0.5, 0.6) is 0 Å². The second-order valence-electron chi connectivity index (χ2n) is 9.76. The van der Waals surface area contributed by atoms with E-state index in [0.29, 0.717) is 19.4 Å². The molecule has 1 aliphatic rings. The van der Waals surface area contributed by atoms with Crippen molar-refractivity contribution in [1.29, 1.82) is 0 Å². The number of rotatable bonds is 7. The van der Waals surface area contributed by atoms with Crippen LogP contribution in [0.1, 0.15) is 40.1 Å². The molecule has 1 fully saturated rings. The van der Waals surface area contributed by atoms with Gasteiger partial charge in [0.1, 0.15) is 0 Å². The summed E-state index contributed by atoms with van der Waals surface area (Å²) in [6, 6.07) is 6.39. The Morgan fingerprint density at radius 1 is 1.00 bits per heavy atom. The van der Waals surface area contributed by atoms with Gasteiger partial charge in [-0.25, -0.2) is 9.67 Å². The Morgan fingerprint density at radius 3 is 2.44 bits per heavy atom. The second-order valence-corrected chi connectivity index (χ2v) is 9.76. The number of pyridine rings is 1. The number of nitrogens with zero attached hydrogens (tertiary/aromatic N) is 5. The predicted octanol–water partition coefficient (Wildman–Crippen LogP) is 3.26. The van der Waals surface area contributed by atoms with E-state index in [1.165, 1.54) is 16.7 Å². The van der Waals surface area contributed by atoms with Crippen LogP contribution in [0.3, 0.4) is 0 Å². The van der Waals surface area contributed by atoms with Crippen LogP contribution in [0.25, 0.3) is 16.7 Å². The molecule has 1 N–H and O–H groups in total. The topological polar surface area (TPSA) is 66.3 Å². The molecule has 182 valence electrons. The zero-order valence-corrected chi connectivity index (χ0v) is 21.5. The van der Waals surface area contributed by atoms with Gasteiger partial charge in [-0.3, -0.25) is 9.69 Å². The number of carbonyl (C=O) groups is 1. The average Bonchev–Trinajstić information content (AvgIpc) is 3.13. The van der Waals surface area contributed by atoms with E-state index in [0.717, 1.165) is 66.4 Å². The average molecular weight is 463 g/mol. The summed E-state index contributed by atoms with van der Waals surface area (Å²) in [5.41, 5.74) is 8.70. The minimum absolute atomic E-state index is 0.107. The van der Waals surface area contributed by atoms with Crippen molar-refractivity contribution in [3.63, 3.8) is 0 Å². The smallest absolute Gasteiger partial charge is 0.220 e. The first kappa shape index (κ1) is 24.4. The second kappa shape index (κ2) is 10.2. The number of amides is 1. The fourth-order valence-electron chi connectivity index (χ4n) is 4.86. The molecular formula is C27H38N6O. The molecule has 2 aromatic heterocycles. The van der Waals surface area contributed by atoms with Gasteiger partial charge in [-0.05, 0) is 82.5 Å². The molecule has 0 spiro atoms. The number of fused-ring (bicyclic) bond motifs is 1. The van der Waals surface area contributed by atoms with E-state index in [1.807, 2.05) is 18.5 Å². The number of nitrogens with one attached hydrogen (secondary N) is 1. The summed E-state index contributed by atoms with van der Waals surface area (Å²) in [5.74, 6) is 0.107. The number of carbonyl (C=O) groups excluding carboxylic acids is 1.